The van der Waals surface area contributed by atoms with Gasteiger partial charge in [-0.2, -0.15) is 0 Å². The zero-order valence-electron chi connectivity index (χ0n) is 12.6. The van der Waals surface area contributed by atoms with Gasteiger partial charge in [-0.25, -0.2) is 0 Å². The normalized spacial score (nSPS) is 19.2. The van der Waals surface area contributed by atoms with Crippen molar-refractivity contribution >= 4 is 5.69 Å². The van der Waals surface area contributed by atoms with Gasteiger partial charge >= 0.3 is 0 Å². The summed E-state index contributed by atoms with van der Waals surface area (Å²) in [6, 6.07) is 6.51. The molecule has 0 saturated carbocycles. The van der Waals surface area contributed by atoms with E-state index in [1.807, 2.05) is 32.0 Å². The topological polar surface area (TPSA) is 42.5 Å². The van der Waals surface area contributed by atoms with Crippen LogP contribution in [0.1, 0.15) is 33.1 Å². The molecule has 1 aromatic rings. The molecule has 20 heavy (non-hydrogen) atoms. The van der Waals surface area contributed by atoms with Crippen molar-refractivity contribution in [1.29, 1.82) is 0 Å². The number of anilines is 1. The first-order chi connectivity index (χ1) is 9.83. The SMILES string of the molecule is CCOc1ccc(OCC)c(NC2CCCNCC2)c1. The summed E-state index contributed by atoms with van der Waals surface area (Å²) in [6.45, 7) is 7.56. The summed E-state index contributed by atoms with van der Waals surface area (Å²) in [4.78, 5) is 0. The molecule has 2 N–H and O–H groups in total. The molecule has 2 rings (SSSR count). The Morgan fingerprint density at radius 3 is 2.80 bits per heavy atom. The summed E-state index contributed by atoms with van der Waals surface area (Å²) >= 11 is 0. The van der Waals surface area contributed by atoms with E-state index in [0.29, 0.717) is 19.3 Å². The minimum Gasteiger partial charge on any atom is -0.494 e. The molecule has 4 heteroatoms. The van der Waals surface area contributed by atoms with Crippen LogP contribution in [-0.4, -0.2) is 32.3 Å². The lowest BCUT2D eigenvalue weighted by atomic mass is 10.1. The third-order valence-corrected chi connectivity index (χ3v) is 3.50. The summed E-state index contributed by atoms with van der Waals surface area (Å²) < 4.78 is 11.3. The third-order valence-electron chi connectivity index (χ3n) is 3.50. The van der Waals surface area contributed by atoms with Crippen LogP contribution in [0.25, 0.3) is 0 Å². The fraction of sp³-hybridized carbons (Fsp3) is 0.625. The van der Waals surface area contributed by atoms with Gasteiger partial charge in [0.15, 0.2) is 0 Å². The number of nitrogens with one attached hydrogen (secondary N) is 2. The molecule has 1 unspecified atom stereocenters. The molecule has 0 amide bonds. The van der Waals surface area contributed by atoms with Crippen LogP contribution in [0.5, 0.6) is 11.5 Å². The summed E-state index contributed by atoms with van der Waals surface area (Å²) in [5.41, 5.74) is 1.05. The lowest BCUT2D eigenvalue weighted by molar-refractivity contribution is 0.331. The van der Waals surface area contributed by atoms with Crippen molar-refractivity contribution in [3.63, 3.8) is 0 Å². The second-order valence-corrected chi connectivity index (χ2v) is 5.05. The van der Waals surface area contributed by atoms with Crippen LogP contribution < -0.4 is 20.1 Å². The molecular weight excluding hydrogens is 252 g/mol. The smallest absolute Gasteiger partial charge is 0.142 e. The van der Waals surface area contributed by atoms with Gasteiger partial charge in [-0.1, -0.05) is 0 Å². The second kappa shape index (κ2) is 8.00. The quantitative estimate of drug-likeness (QED) is 0.839. The molecule has 1 atom stereocenters. The predicted molar refractivity (Wildman–Crippen MR) is 82.9 cm³/mol. The van der Waals surface area contributed by atoms with E-state index in [-0.39, 0.29) is 0 Å². The number of rotatable bonds is 6. The first kappa shape index (κ1) is 15.0. The molecule has 1 aliphatic rings. The molecule has 1 heterocycles. The second-order valence-electron chi connectivity index (χ2n) is 5.05. The van der Waals surface area contributed by atoms with Gasteiger partial charge < -0.3 is 20.1 Å². The monoisotopic (exact) mass is 278 g/mol. The predicted octanol–water partition coefficient (Wildman–Crippen LogP) is 3.04. The number of hydrogen-bond donors (Lipinski definition) is 2. The minimum absolute atomic E-state index is 0.501. The Hall–Kier alpha value is -1.42. The molecule has 0 bridgehead atoms. The van der Waals surface area contributed by atoms with Gasteiger partial charge in [0.05, 0.1) is 18.9 Å². The Morgan fingerprint density at radius 2 is 2.00 bits per heavy atom. The van der Waals surface area contributed by atoms with Crippen molar-refractivity contribution in [3.8, 4) is 11.5 Å². The largest absolute Gasteiger partial charge is 0.494 e. The molecule has 4 nitrogen and oxygen atoms in total. The summed E-state index contributed by atoms with van der Waals surface area (Å²) in [5, 5.41) is 7.07. The molecule has 0 aromatic heterocycles. The maximum atomic E-state index is 5.71. The summed E-state index contributed by atoms with van der Waals surface area (Å²) in [6.07, 6.45) is 3.55. The van der Waals surface area contributed by atoms with E-state index in [4.69, 9.17) is 9.47 Å². The summed E-state index contributed by atoms with van der Waals surface area (Å²) in [5.74, 6) is 1.80. The fourth-order valence-electron chi connectivity index (χ4n) is 2.54. The first-order valence-electron chi connectivity index (χ1n) is 7.70. The van der Waals surface area contributed by atoms with Crippen LogP contribution in [0.4, 0.5) is 5.69 Å². The third kappa shape index (κ3) is 4.30. The highest BCUT2D eigenvalue weighted by atomic mass is 16.5. The van der Waals surface area contributed by atoms with E-state index in [1.165, 1.54) is 12.8 Å². The van der Waals surface area contributed by atoms with Gasteiger partial charge in [0.1, 0.15) is 11.5 Å². The molecule has 1 fully saturated rings. The number of ether oxygens (including phenoxy) is 2. The standard InChI is InChI=1S/C16H26N2O2/c1-3-19-14-7-8-16(20-4-2)15(12-14)18-13-6-5-10-17-11-9-13/h7-8,12-13,17-18H,3-6,9-11H2,1-2H3. The highest BCUT2D eigenvalue weighted by Crippen LogP contribution is 2.31. The number of benzene rings is 1. The van der Waals surface area contributed by atoms with E-state index < -0.39 is 0 Å². The maximum Gasteiger partial charge on any atom is 0.142 e. The van der Waals surface area contributed by atoms with Gasteiger partial charge in [0.2, 0.25) is 0 Å². The van der Waals surface area contributed by atoms with Crippen molar-refractivity contribution in [1.82, 2.24) is 5.32 Å². The Bertz CT molecular complexity index is 401. The zero-order valence-corrected chi connectivity index (χ0v) is 12.6. The van der Waals surface area contributed by atoms with Crippen LogP contribution in [0.15, 0.2) is 18.2 Å². The van der Waals surface area contributed by atoms with E-state index in [0.717, 1.165) is 36.7 Å². The zero-order chi connectivity index (χ0) is 14.2. The molecule has 1 aliphatic heterocycles. The van der Waals surface area contributed by atoms with Gasteiger partial charge in [0, 0.05) is 12.1 Å². The lowest BCUT2D eigenvalue weighted by Crippen LogP contribution is -2.21. The Morgan fingerprint density at radius 1 is 1.15 bits per heavy atom. The van der Waals surface area contributed by atoms with Gasteiger partial charge in [-0.3, -0.25) is 0 Å². The maximum absolute atomic E-state index is 5.71. The van der Waals surface area contributed by atoms with Crippen molar-refractivity contribution in [2.45, 2.75) is 39.2 Å². The van der Waals surface area contributed by atoms with Crippen molar-refractivity contribution in [2.75, 3.05) is 31.6 Å². The minimum atomic E-state index is 0.501. The molecular formula is C16H26N2O2. The molecule has 1 saturated heterocycles. The van der Waals surface area contributed by atoms with Crippen molar-refractivity contribution < 1.29 is 9.47 Å². The summed E-state index contributed by atoms with van der Waals surface area (Å²) in [7, 11) is 0. The van der Waals surface area contributed by atoms with Crippen LogP contribution >= 0.6 is 0 Å². The average Bonchev–Trinajstić information content (AvgIpc) is 2.71. The van der Waals surface area contributed by atoms with E-state index in [9.17, 15) is 0 Å². The van der Waals surface area contributed by atoms with Crippen molar-refractivity contribution in [2.24, 2.45) is 0 Å². The van der Waals surface area contributed by atoms with Gasteiger partial charge in [-0.05, 0) is 58.3 Å². The first-order valence-corrected chi connectivity index (χ1v) is 7.70. The number of hydrogen-bond acceptors (Lipinski definition) is 4. The Labute approximate surface area is 121 Å². The van der Waals surface area contributed by atoms with Crippen molar-refractivity contribution in [3.05, 3.63) is 18.2 Å². The molecule has 0 aliphatic carbocycles. The van der Waals surface area contributed by atoms with E-state index in [2.05, 4.69) is 10.6 Å². The highest BCUT2D eigenvalue weighted by molar-refractivity contribution is 5.60. The molecule has 0 radical (unpaired) electrons. The van der Waals surface area contributed by atoms with Gasteiger partial charge in [0.25, 0.3) is 0 Å². The molecule has 112 valence electrons. The van der Waals surface area contributed by atoms with E-state index >= 15 is 0 Å². The highest BCUT2D eigenvalue weighted by Gasteiger charge is 2.14. The van der Waals surface area contributed by atoms with Crippen LogP contribution in [0.2, 0.25) is 0 Å². The average molecular weight is 278 g/mol. The molecule has 0 spiro atoms. The van der Waals surface area contributed by atoms with Crippen LogP contribution in [0.3, 0.4) is 0 Å². The van der Waals surface area contributed by atoms with Crippen LogP contribution in [-0.2, 0) is 0 Å². The van der Waals surface area contributed by atoms with E-state index in [1.54, 1.807) is 0 Å². The fourth-order valence-corrected chi connectivity index (χ4v) is 2.54. The lowest BCUT2D eigenvalue weighted by Gasteiger charge is -2.20. The Kier molecular flexibility index (Phi) is 5.99. The van der Waals surface area contributed by atoms with Crippen LogP contribution in [0, 0.1) is 0 Å². The molecule has 1 aromatic carbocycles. The Balaban J connectivity index is 2.10. The van der Waals surface area contributed by atoms with Gasteiger partial charge in [-0.15, -0.1) is 0 Å².